The van der Waals surface area contributed by atoms with Crippen LogP contribution in [-0.4, -0.2) is 52.4 Å². The molecule has 2 heterocycles. The second kappa shape index (κ2) is 9.43. The summed E-state index contributed by atoms with van der Waals surface area (Å²) in [4.78, 5) is 2.42. The second-order valence-corrected chi connectivity index (χ2v) is 8.06. The smallest absolute Gasteiger partial charge is 0.173 e. The van der Waals surface area contributed by atoms with E-state index < -0.39 is 0 Å². The van der Waals surface area contributed by atoms with Gasteiger partial charge in [0.15, 0.2) is 17.3 Å². The molecule has 1 fully saturated rings. The van der Waals surface area contributed by atoms with Gasteiger partial charge in [0.25, 0.3) is 0 Å². The molecule has 0 saturated carbocycles. The number of hydrogen-bond donors (Lipinski definition) is 0. The summed E-state index contributed by atoms with van der Waals surface area (Å²) in [6, 6.07) is 12.3. The maximum Gasteiger partial charge on any atom is 0.173 e. The van der Waals surface area contributed by atoms with Crippen LogP contribution in [0.2, 0.25) is 0 Å². The lowest BCUT2D eigenvalue weighted by Gasteiger charge is -2.36. The van der Waals surface area contributed by atoms with Crippen molar-refractivity contribution in [3.8, 4) is 11.5 Å². The summed E-state index contributed by atoms with van der Waals surface area (Å²) in [5.74, 6) is 2.56. The molecule has 2 aromatic carbocycles. The van der Waals surface area contributed by atoms with E-state index in [0.717, 1.165) is 42.9 Å². The largest absolute Gasteiger partial charge is 0.493 e. The summed E-state index contributed by atoms with van der Waals surface area (Å²) in [6.07, 6.45) is 2.26. The van der Waals surface area contributed by atoms with E-state index in [1.54, 1.807) is 31.0 Å². The van der Waals surface area contributed by atoms with Gasteiger partial charge in [-0.2, -0.15) is 0 Å². The van der Waals surface area contributed by atoms with Gasteiger partial charge in [-0.3, -0.25) is 4.90 Å². The standard InChI is InChI=1S/C23H28FN5O2/c1-16-10-12-28(13-11-16)22(18-6-9-20(30-2)21(14-18)31-3)23-25-26-27-29(23)15-17-4-7-19(24)8-5-17/h4-9,14,16,22H,10-13,15H2,1-3H3/t22-/m0/s1. The van der Waals surface area contributed by atoms with E-state index in [1.807, 2.05) is 18.2 Å². The number of nitrogens with zero attached hydrogens (tertiary/aromatic N) is 5. The topological polar surface area (TPSA) is 65.3 Å². The lowest BCUT2D eigenvalue weighted by molar-refractivity contribution is 0.150. The van der Waals surface area contributed by atoms with Crippen LogP contribution in [0.3, 0.4) is 0 Å². The first-order valence-corrected chi connectivity index (χ1v) is 10.6. The van der Waals surface area contributed by atoms with E-state index in [4.69, 9.17) is 9.47 Å². The fourth-order valence-corrected chi connectivity index (χ4v) is 4.12. The van der Waals surface area contributed by atoms with Gasteiger partial charge in [-0.15, -0.1) is 5.10 Å². The molecule has 1 aliphatic heterocycles. The minimum Gasteiger partial charge on any atom is -0.493 e. The van der Waals surface area contributed by atoms with Crippen LogP contribution in [0.15, 0.2) is 42.5 Å². The number of benzene rings is 2. The highest BCUT2D eigenvalue weighted by molar-refractivity contribution is 5.45. The van der Waals surface area contributed by atoms with Gasteiger partial charge in [0.1, 0.15) is 5.82 Å². The van der Waals surface area contributed by atoms with Crippen LogP contribution in [0, 0.1) is 11.7 Å². The Balaban J connectivity index is 1.72. The maximum atomic E-state index is 13.3. The molecule has 164 valence electrons. The average Bonchev–Trinajstić information content (AvgIpc) is 3.24. The molecule has 7 nitrogen and oxygen atoms in total. The predicted molar refractivity (Wildman–Crippen MR) is 115 cm³/mol. The third-order valence-electron chi connectivity index (χ3n) is 5.96. The Hall–Kier alpha value is -3.00. The van der Waals surface area contributed by atoms with E-state index in [0.29, 0.717) is 24.0 Å². The number of tetrazole rings is 1. The molecule has 0 unspecified atom stereocenters. The van der Waals surface area contributed by atoms with Crippen molar-refractivity contribution in [2.24, 2.45) is 5.92 Å². The highest BCUT2D eigenvalue weighted by Crippen LogP contribution is 2.36. The zero-order valence-corrected chi connectivity index (χ0v) is 18.2. The van der Waals surface area contributed by atoms with Crippen LogP contribution >= 0.6 is 0 Å². The third-order valence-corrected chi connectivity index (χ3v) is 5.96. The molecule has 4 rings (SSSR count). The molecule has 0 N–H and O–H groups in total. The van der Waals surface area contributed by atoms with Crippen molar-refractivity contribution in [1.82, 2.24) is 25.1 Å². The summed E-state index contributed by atoms with van der Waals surface area (Å²) in [5, 5.41) is 12.6. The van der Waals surface area contributed by atoms with E-state index in [1.165, 1.54) is 12.1 Å². The maximum absolute atomic E-state index is 13.3. The molecule has 1 aromatic heterocycles. The molecular weight excluding hydrogens is 397 g/mol. The van der Waals surface area contributed by atoms with Crippen molar-refractivity contribution in [2.45, 2.75) is 32.4 Å². The predicted octanol–water partition coefficient (Wildman–Crippen LogP) is 3.70. The highest BCUT2D eigenvalue weighted by Gasteiger charge is 2.31. The number of hydrogen-bond acceptors (Lipinski definition) is 6. The van der Waals surface area contributed by atoms with Crippen molar-refractivity contribution in [2.75, 3.05) is 27.3 Å². The lowest BCUT2D eigenvalue weighted by Crippen LogP contribution is -2.38. The Morgan fingerprint density at radius 1 is 1.03 bits per heavy atom. The minimum absolute atomic E-state index is 0.122. The summed E-state index contributed by atoms with van der Waals surface area (Å²) in [6.45, 7) is 4.69. The molecule has 0 radical (unpaired) electrons. The van der Waals surface area contributed by atoms with Crippen LogP contribution in [0.4, 0.5) is 4.39 Å². The third kappa shape index (κ3) is 4.69. The number of halogens is 1. The quantitative estimate of drug-likeness (QED) is 0.575. The fourth-order valence-electron chi connectivity index (χ4n) is 4.12. The van der Waals surface area contributed by atoms with Gasteiger partial charge in [-0.05, 0) is 77.7 Å². The molecule has 0 aliphatic carbocycles. The van der Waals surface area contributed by atoms with Gasteiger partial charge < -0.3 is 9.47 Å². The zero-order valence-electron chi connectivity index (χ0n) is 18.2. The summed E-state index contributed by atoms with van der Waals surface area (Å²) in [5.41, 5.74) is 1.98. The second-order valence-electron chi connectivity index (χ2n) is 8.06. The summed E-state index contributed by atoms with van der Waals surface area (Å²) < 4.78 is 26.1. The van der Waals surface area contributed by atoms with Crippen molar-refractivity contribution >= 4 is 0 Å². The molecule has 3 aromatic rings. The Morgan fingerprint density at radius 3 is 2.42 bits per heavy atom. The Morgan fingerprint density at radius 2 is 1.74 bits per heavy atom. The van der Waals surface area contributed by atoms with Crippen molar-refractivity contribution < 1.29 is 13.9 Å². The van der Waals surface area contributed by atoms with E-state index in [-0.39, 0.29) is 11.9 Å². The lowest BCUT2D eigenvalue weighted by atomic mass is 9.95. The van der Waals surface area contributed by atoms with Crippen molar-refractivity contribution in [1.29, 1.82) is 0 Å². The Kier molecular flexibility index (Phi) is 6.46. The number of rotatable bonds is 7. The molecular formula is C23H28FN5O2. The fraction of sp³-hybridized carbons (Fsp3) is 0.435. The molecule has 1 atom stereocenters. The van der Waals surface area contributed by atoms with Crippen LogP contribution < -0.4 is 9.47 Å². The van der Waals surface area contributed by atoms with Gasteiger partial charge in [0, 0.05) is 0 Å². The van der Waals surface area contributed by atoms with Gasteiger partial charge in [-0.25, -0.2) is 9.07 Å². The van der Waals surface area contributed by atoms with Crippen LogP contribution in [0.25, 0.3) is 0 Å². The number of ether oxygens (including phenoxy) is 2. The number of methoxy groups -OCH3 is 2. The first-order valence-electron chi connectivity index (χ1n) is 10.6. The molecule has 0 bridgehead atoms. The van der Waals surface area contributed by atoms with Crippen molar-refractivity contribution in [3.05, 3.63) is 65.2 Å². The SMILES string of the molecule is COc1ccc([C@@H](c2nnnn2Cc2ccc(F)cc2)N2CCC(C)CC2)cc1OC. The van der Waals surface area contributed by atoms with E-state index in [9.17, 15) is 4.39 Å². The minimum atomic E-state index is -0.258. The first-order chi connectivity index (χ1) is 15.1. The average molecular weight is 426 g/mol. The zero-order chi connectivity index (χ0) is 21.8. The van der Waals surface area contributed by atoms with Gasteiger partial charge in [-0.1, -0.05) is 25.1 Å². The van der Waals surface area contributed by atoms with Gasteiger partial charge in [0.2, 0.25) is 0 Å². The number of likely N-dealkylation sites (tertiary alicyclic amines) is 1. The number of piperidine rings is 1. The van der Waals surface area contributed by atoms with Crippen LogP contribution in [0.5, 0.6) is 11.5 Å². The van der Waals surface area contributed by atoms with E-state index in [2.05, 4.69) is 27.3 Å². The monoisotopic (exact) mass is 425 g/mol. The molecule has 0 spiro atoms. The molecule has 1 saturated heterocycles. The Bertz CT molecular complexity index is 999. The molecule has 1 aliphatic rings. The van der Waals surface area contributed by atoms with Gasteiger partial charge in [0.05, 0.1) is 26.8 Å². The summed E-state index contributed by atoms with van der Waals surface area (Å²) >= 11 is 0. The van der Waals surface area contributed by atoms with Gasteiger partial charge >= 0.3 is 0 Å². The first kappa shape index (κ1) is 21.2. The highest BCUT2D eigenvalue weighted by atomic mass is 19.1. The molecule has 8 heteroatoms. The summed E-state index contributed by atoms with van der Waals surface area (Å²) in [7, 11) is 3.27. The number of aromatic nitrogens is 4. The van der Waals surface area contributed by atoms with Crippen LogP contribution in [0.1, 0.15) is 42.8 Å². The normalized spacial score (nSPS) is 16.3. The van der Waals surface area contributed by atoms with E-state index >= 15 is 0 Å². The van der Waals surface area contributed by atoms with Crippen molar-refractivity contribution in [3.63, 3.8) is 0 Å². The molecule has 31 heavy (non-hydrogen) atoms. The Labute approximate surface area is 181 Å². The molecule has 0 amide bonds. The van der Waals surface area contributed by atoms with Crippen LogP contribution in [-0.2, 0) is 6.54 Å².